The summed E-state index contributed by atoms with van der Waals surface area (Å²) in [5.74, 6) is -2.17. The number of hydrogen-bond acceptors (Lipinski definition) is 4. The molecule has 0 radical (unpaired) electrons. The van der Waals surface area contributed by atoms with E-state index in [1.807, 2.05) is 0 Å². The summed E-state index contributed by atoms with van der Waals surface area (Å²) in [6.07, 6.45) is 0. The van der Waals surface area contributed by atoms with Crippen LogP contribution in [0.2, 0.25) is 0 Å². The molecule has 0 bridgehead atoms. The average molecular weight is 186 g/mol. The molecule has 4 nitrogen and oxygen atoms in total. The van der Waals surface area contributed by atoms with Gasteiger partial charge in [0, 0.05) is 11.9 Å². The van der Waals surface area contributed by atoms with E-state index in [9.17, 15) is 0 Å². The number of carboxylic acids is 2. The van der Waals surface area contributed by atoms with Crippen molar-refractivity contribution in [1.29, 1.82) is 0 Å². The van der Waals surface area contributed by atoms with Gasteiger partial charge in [-0.15, -0.1) is 13.2 Å². The molecule has 0 aliphatic carbocycles. The standard InChI is InChI=1S/2C2H4O2.C2H4.Ca/c2*1-2(3)4;1-2;/h2*1H3,(H,3,4);1-2H2;/q;;;+2/p-2. The van der Waals surface area contributed by atoms with Gasteiger partial charge in [-0.3, -0.25) is 0 Å². The van der Waals surface area contributed by atoms with Gasteiger partial charge in [0.2, 0.25) is 0 Å². The van der Waals surface area contributed by atoms with Crippen molar-refractivity contribution in [1.82, 2.24) is 0 Å². The molecule has 0 N–H and O–H groups in total. The molecule has 0 aromatic rings. The van der Waals surface area contributed by atoms with Gasteiger partial charge in [-0.25, -0.2) is 0 Å². The van der Waals surface area contributed by atoms with Gasteiger partial charge in [-0.05, 0) is 13.8 Å². The van der Waals surface area contributed by atoms with Crippen molar-refractivity contribution in [2.24, 2.45) is 0 Å². The Morgan fingerprint density at radius 1 is 1.00 bits per heavy atom. The monoisotopic (exact) mass is 186 g/mol. The molecular formula is C6H10CaO4. The fourth-order valence-electron chi connectivity index (χ4n) is 0. The zero-order valence-corrected chi connectivity index (χ0v) is 8.96. The normalized spacial score (nSPS) is 4.91. The second-order valence-electron chi connectivity index (χ2n) is 0.983. The predicted octanol–water partition coefficient (Wildman–Crippen LogP) is -2.07. The van der Waals surface area contributed by atoms with E-state index in [0.29, 0.717) is 0 Å². The number of carboxylic acid groups (broad SMARTS) is 2. The van der Waals surface area contributed by atoms with Crippen LogP contribution in [0.5, 0.6) is 0 Å². The molecule has 0 atom stereocenters. The fraction of sp³-hybridized carbons (Fsp3) is 0.333. The number of carbonyl (C=O) groups excluding carboxylic acids is 2. The topological polar surface area (TPSA) is 80.3 Å². The first-order valence-electron chi connectivity index (χ1n) is 2.32. The van der Waals surface area contributed by atoms with E-state index in [0.717, 1.165) is 13.8 Å². The van der Waals surface area contributed by atoms with E-state index in [1.54, 1.807) is 0 Å². The zero-order valence-electron chi connectivity index (χ0n) is 6.75. The van der Waals surface area contributed by atoms with E-state index in [4.69, 9.17) is 19.8 Å². The summed E-state index contributed by atoms with van der Waals surface area (Å²) in [4.78, 5) is 17.8. The van der Waals surface area contributed by atoms with E-state index in [2.05, 4.69) is 13.2 Å². The van der Waals surface area contributed by atoms with Gasteiger partial charge >= 0.3 is 37.7 Å². The van der Waals surface area contributed by atoms with Crippen LogP contribution >= 0.6 is 0 Å². The quantitative estimate of drug-likeness (QED) is 0.321. The van der Waals surface area contributed by atoms with Gasteiger partial charge in [-0.1, -0.05) is 0 Å². The van der Waals surface area contributed by atoms with Crippen molar-refractivity contribution in [3.63, 3.8) is 0 Å². The summed E-state index contributed by atoms with van der Waals surface area (Å²) < 4.78 is 0. The van der Waals surface area contributed by atoms with Gasteiger partial charge in [0.1, 0.15) is 0 Å². The van der Waals surface area contributed by atoms with Gasteiger partial charge in [-0.2, -0.15) is 0 Å². The van der Waals surface area contributed by atoms with Crippen molar-refractivity contribution in [3.8, 4) is 0 Å². The summed E-state index contributed by atoms with van der Waals surface area (Å²) in [5, 5.41) is 17.8. The maximum absolute atomic E-state index is 8.89. The van der Waals surface area contributed by atoms with Crippen LogP contribution in [0.1, 0.15) is 13.8 Å². The Morgan fingerprint density at radius 3 is 1.00 bits per heavy atom. The van der Waals surface area contributed by atoms with Crippen LogP contribution in [0.4, 0.5) is 0 Å². The minimum Gasteiger partial charge on any atom is -0.550 e. The first-order chi connectivity index (χ1) is 4.46. The largest absolute Gasteiger partial charge is 2.00 e. The van der Waals surface area contributed by atoms with Crippen LogP contribution in [0.3, 0.4) is 0 Å². The molecule has 0 aromatic carbocycles. The minimum absolute atomic E-state index is 0. The molecule has 0 aliphatic rings. The van der Waals surface area contributed by atoms with Gasteiger partial charge in [0.25, 0.3) is 0 Å². The Labute approximate surface area is 95.9 Å². The van der Waals surface area contributed by atoms with Gasteiger partial charge < -0.3 is 19.8 Å². The molecule has 11 heavy (non-hydrogen) atoms. The Hall–Kier alpha value is -0.0603. The van der Waals surface area contributed by atoms with Crippen LogP contribution in [0.15, 0.2) is 13.2 Å². The molecule has 0 unspecified atom stereocenters. The molecule has 0 aromatic heterocycles. The van der Waals surface area contributed by atoms with Crippen LogP contribution in [-0.4, -0.2) is 49.7 Å². The van der Waals surface area contributed by atoms with E-state index in [-0.39, 0.29) is 37.7 Å². The SMILES string of the molecule is C=C.CC(=O)[O-].CC(=O)[O-].[Ca+2]. The third kappa shape index (κ3) is 173000. The van der Waals surface area contributed by atoms with Crippen molar-refractivity contribution < 1.29 is 19.8 Å². The molecule has 0 saturated heterocycles. The van der Waals surface area contributed by atoms with Crippen LogP contribution in [-0.2, 0) is 9.59 Å². The molecular weight excluding hydrogens is 176 g/mol. The fourth-order valence-corrected chi connectivity index (χ4v) is 0. The molecule has 0 saturated carbocycles. The number of aliphatic carboxylic acids is 2. The van der Waals surface area contributed by atoms with Crippen LogP contribution in [0.25, 0.3) is 0 Å². The molecule has 0 rings (SSSR count). The van der Waals surface area contributed by atoms with Crippen molar-refractivity contribution in [3.05, 3.63) is 13.2 Å². The van der Waals surface area contributed by atoms with Crippen molar-refractivity contribution >= 4 is 49.7 Å². The van der Waals surface area contributed by atoms with E-state index < -0.39 is 11.9 Å². The Balaban J connectivity index is -0.0000000339. The smallest absolute Gasteiger partial charge is 0.550 e. The predicted molar refractivity (Wildman–Crippen MR) is 38.4 cm³/mol. The van der Waals surface area contributed by atoms with Crippen molar-refractivity contribution in [2.75, 3.05) is 0 Å². The third-order valence-electron chi connectivity index (χ3n) is 0. The minimum atomic E-state index is -1.08. The zero-order chi connectivity index (χ0) is 9.15. The Morgan fingerprint density at radius 2 is 1.00 bits per heavy atom. The van der Waals surface area contributed by atoms with Crippen molar-refractivity contribution in [2.45, 2.75) is 13.8 Å². The van der Waals surface area contributed by atoms with Gasteiger partial charge in [0.05, 0.1) is 0 Å². The average Bonchev–Trinajstić information content (AvgIpc) is 1.66. The maximum Gasteiger partial charge on any atom is 2.00 e. The van der Waals surface area contributed by atoms with Crippen LogP contribution in [0, 0.1) is 0 Å². The molecule has 0 aliphatic heterocycles. The summed E-state index contributed by atoms with van der Waals surface area (Å²) in [6.45, 7) is 7.94. The molecule has 5 heteroatoms. The molecule has 0 fully saturated rings. The first-order valence-corrected chi connectivity index (χ1v) is 2.32. The molecule has 0 heterocycles. The number of hydrogen-bond donors (Lipinski definition) is 0. The number of carbonyl (C=O) groups is 2. The first kappa shape index (κ1) is 22.4. The maximum atomic E-state index is 8.89. The Kier molecular flexibility index (Phi) is 45.9. The third-order valence-corrected chi connectivity index (χ3v) is 0. The summed E-state index contributed by atoms with van der Waals surface area (Å²) in [6, 6.07) is 0. The van der Waals surface area contributed by atoms with Gasteiger partial charge in [0.15, 0.2) is 0 Å². The second kappa shape index (κ2) is 22.5. The van der Waals surface area contributed by atoms with E-state index >= 15 is 0 Å². The molecule has 0 amide bonds. The summed E-state index contributed by atoms with van der Waals surface area (Å²) >= 11 is 0. The van der Waals surface area contributed by atoms with Crippen LogP contribution < -0.4 is 10.2 Å². The number of rotatable bonds is 0. The van der Waals surface area contributed by atoms with E-state index in [1.165, 1.54) is 0 Å². The Bertz CT molecular complexity index is 82.8. The second-order valence-corrected chi connectivity index (χ2v) is 0.983. The summed E-state index contributed by atoms with van der Waals surface area (Å²) in [7, 11) is 0. The molecule has 60 valence electrons. The summed E-state index contributed by atoms with van der Waals surface area (Å²) in [5.41, 5.74) is 0. The molecule has 0 spiro atoms.